The summed E-state index contributed by atoms with van der Waals surface area (Å²) in [6.07, 6.45) is 4.72. The third-order valence-electron chi connectivity index (χ3n) is 12.8. The van der Waals surface area contributed by atoms with Gasteiger partial charge in [0.15, 0.2) is 11.6 Å². The topological polar surface area (TPSA) is 59.7 Å². The Balaban J connectivity index is 0.941. The number of rotatable bonds is 7. The van der Waals surface area contributed by atoms with Crippen LogP contribution in [0.15, 0.2) is 212 Å². The highest BCUT2D eigenvalue weighted by Gasteiger charge is 2.45. The van der Waals surface area contributed by atoms with E-state index in [0.717, 1.165) is 55.2 Å². The minimum Gasteiger partial charge on any atom is -0.311 e. The second-order valence-corrected chi connectivity index (χ2v) is 17.6. The molecule has 8 aromatic carbocycles. The van der Waals surface area contributed by atoms with Crippen molar-refractivity contribution in [1.29, 1.82) is 0 Å². The predicted octanol–water partition coefficient (Wildman–Crippen LogP) is 14.8. The second-order valence-electron chi connectivity index (χ2n) is 16.6. The lowest BCUT2D eigenvalue weighted by Crippen LogP contribution is -2.28. The largest absolute Gasteiger partial charge is 0.311 e. The van der Waals surface area contributed by atoms with E-state index in [1.165, 1.54) is 38.0 Å². The van der Waals surface area contributed by atoms with Crippen LogP contribution < -0.4 is 4.90 Å². The molecule has 1 unspecified atom stereocenters. The Labute approximate surface area is 380 Å². The van der Waals surface area contributed by atoms with Gasteiger partial charge in [-0.05, 0) is 52.6 Å². The van der Waals surface area contributed by atoms with Gasteiger partial charge in [0.25, 0.3) is 0 Å². The summed E-state index contributed by atoms with van der Waals surface area (Å²) >= 11 is 1.75. The van der Waals surface area contributed by atoms with Crippen LogP contribution in [0.25, 0.3) is 88.5 Å². The van der Waals surface area contributed by atoms with E-state index >= 15 is 0 Å². The van der Waals surface area contributed by atoms with Gasteiger partial charge in [-0.3, -0.25) is 0 Å². The molecule has 0 amide bonds. The molecule has 0 spiro atoms. The van der Waals surface area contributed by atoms with Crippen molar-refractivity contribution in [3.05, 3.63) is 229 Å². The molecule has 13 rings (SSSR count). The summed E-state index contributed by atoms with van der Waals surface area (Å²) in [7, 11) is 0. The van der Waals surface area contributed by atoms with Crippen LogP contribution in [0.5, 0.6) is 0 Å². The second kappa shape index (κ2) is 15.2. The lowest BCUT2D eigenvalue weighted by Gasteiger charge is -2.32. The van der Waals surface area contributed by atoms with Crippen LogP contribution >= 0.6 is 11.3 Å². The van der Waals surface area contributed by atoms with Gasteiger partial charge in [-0.2, -0.15) is 9.97 Å². The monoisotopic (exact) mass is 850 g/mol. The van der Waals surface area contributed by atoms with Crippen LogP contribution in [0.4, 0.5) is 11.6 Å². The molecule has 4 heterocycles. The number of para-hydroxylation sites is 2. The van der Waals surface area contributed by atoms with E-state index in [1.807, 2.05) is 42.5 Å². The number of benzene rings is 8. The zero-order chi connectivity index (χ0) is 42.8. The molecule has 306 valence electrons. The maximum absolute atomic E-state index is 5.31. The summed E-state index contributed by atoms with van der Waals surface area (Å²) in [6.45, 7) is 0. The maximum atomic E-state index is 5.31. The molecule has 3 aromatic heterocycles. The molecule has 2 atom stereocenters. The molecule has 0 radical (unpaired) electrons. The first-order valence-electron chi connectivity index (χ1n) is 22.0. The van der Waals surface area contributed by atoms with E-state index in [-0.39, 0.29) is 12.0 Å². The average Bonchev–Trinajstić information content (AvgIpc) is 4.08. The highest BCUT2D eigenvalue weighted by molar-refractivity contribution is 7.22. The molecule has 65 heavy (non-hydrogen) atoms. The van der Waals surface area contributed by atoms with E-state index in [2.05, 4.69) is 185 Å². The molecular weight excluding hydrogens is 813 g/mol. The zero-order valence-electron chi connectivity index (χ0n) is 35.0. The van der Waals surface area contributed by atoms with Crippen molar-refractivity contribution >= 4 is 50.2 Å². The number of thiazole rings is 1. The Morgan fingerprint density at radius 3 is 1.86 bits per heavy atom. The Bertz CT molecular complexity index is 3560. The molecule has 2 aliphatic rings. The minimum atomic E-state index is -0.144. The Hall–Kier alpha value is -8.26. The van der Waals surface area contributed by atoms with Crippen molar-refractivity contribution in [2.75, 3.05) is 4.90 Å². The van der Waals surface area contributed by atoms with Gasteiger partial charge >= 0.3 is 0 Å². The van der Waals surface area contributed by atoms with Gasteiger partial charge in [0.1, 0.15) is 5.01 Å². The fourth-order valence-electron chi connectivity index (χ4n) is 9.88. The molecule has 11 aromatic rings. The summed E-state index contributed by atoms with van der Waals surface area (Å²) < 4.78 is 3.68. The first-order valence-corrected chi connectivity index (χ1v) is 22.8. The first-order chi connectivity index (χ1) is 32.2. The van der Waals surface area contributed by atoms with Crippen LogP contribution in [0.3, 0.4) is 0 Å². The summed E-state index contributed by atoms with van der Waals surface area (Å²) in [5, 5.41) is 2.25. The van der Waals surface area contributed by atoms with Gasteiger partial charge in [-0.1, -0.05) is 188 Å². The third-order valence-corrected chi connectivity index (χ3v) is 14.0. The minimum absolute atomic E-state index is 0.0568. The first kappa shape index (κ1) is 37.3. The van der Waals surface area contributed by atoms with E-state index in [4.69, 9.17) is 19.9 Å². The van der Waals surface area contributed by atoms with Gasteiger partial charge in [-0.25, -0.2) is 9.97 Å². The molecule has 0 bridgehead atoms. The highest BCUT2D eigenvalue weighted by atomic mass is 32.1. The van der Waals surface area contributed by atoms with Gasteiger partial charge in [0, 0.05) is 50.5 Å². The average molecular weight is 851 g/mol. The van der Waals surface area contributed by atoms with Gasteiger partial charge in [0.2, 0.25) is 5.95 Å². The lowest BCUT2D eigenvalue weighted by atomic mass is 9.86. The molecule has 0 fully saturated rings. The van der Waals surface area contributed by atoms with Crippen molar-refractivity contribution < 1.29 is 0 Å². The molecule has 6 nitrogen and oxygen atoms in total. The SMILES string of the molecule is C1=CC2c3ccccc3N(c3nc(-c4ccccc4)nc(-c4ccccc4)n3)[C@H]2c2c1c1ccccc1n2-c1cccc(-c2ccc(-c3cccc4nc(-c5ccccc5)sc34)cc2)c1. The van der Waals surface area contributed by atoms with Crippen LogP contribution in [-0.4, -0.2) is 24.5 Å². The van der Waals surface area contributed by atoms with Crippen molar-refractivity contribution in [2.24, 2.45) is 0 Å². The lowest BCUT2D eigenvalue weighted by molar-refractivity contribution is 0.626. The van der Waals surface area contributed by atoms with Gasteiger partial charge < -0.3 is 9.47 Å². The Morgan fingerprint density at radius 1 is 0.477 bits per heavy atom. The molecule has 1 aliphatic carbocycles. The quantitative estimate of drug-likeness (QED) is 0.160. The summed E-state index contributed by atoms with van der Waals surface area (Å²) in [5.41, 5.74) is 15.7. The number of anilines is 2. The number of hydrogen-bond acceptors (Lipinski definition) is 6. The van der Waals surface area contributed by atoms with E-state index in [1.54, 1.807) is 11.3 Å². The normalized spacial score (nSPS) is 15.0. The third kappa shape index (κ3) is 6.23. The van der Waals surface area contributed by atoms with Crippen molar-refractivity contribution in [1.82, 2.24) is 24.5 Å². The van der Waals surface area contributed by atoms with E-state index in [9.17, 15) is 0 Å². The molecule has 1 aliphatic heterocycles. The smallest absolute Gasteiger partial charge is 0.234 e. The maximum Gasteiger partial charge on any atom is 0.234 e. The highest BCUT2D eigenvalue weighted by Crippen LogP contribution is 2.57. The summed E-state index contributed by atoms with van der Waals surface area (Å²) in [6, 6.07) is 72.7. The molecule has 7 heteroatoms. The number of fused-ring (bicyclic) bond motifs is 8. The number of hydrogen-bond donors (Lipinski definition) is 0. The fourth-order valence-corrected chi connectivity index (χ4v) is 11.0. The Morgan fingerprint density at radius 2 is 1.11 bits per heavy atom. The summed E-state index contributed by atoms with van der Waals surface area (Å²) in [5.74, 6) is 1.96. The number of nitrogens with zero attached hydrogens (tertiary/aromatic N) is 6. The van der Waals surface area contributed by atoms with Gasteiger partial charge in [-0.15, -0.1) is 11.3 Å². The molecule has 0 saturated carbocycles. The summed E-state index contributed by atoms with van der Waals surface area (Å²) in [4.78, 5) is 23.1. The van der Waals surface area contributed by atoms with E-state index < -0.39 is 0 Å². The Kier molecular flexibility index (Phi) is 8.74. The molecular formula is C58H38N6S. The standard InChI is InChI=1S/C58H38N6S/c1-4-16-39(17-5-1)55-60-56(40-18-6-2-7-19-40)62-58(61-55)64-51-29-13-11-25-46(51)48-35-34-47-45-24-10-12-28-50(45)63(52(47)53(48)64)43-23-14-22-42(36-43)37-30-32-38(33-31-37)44-26-15-27-49-54(44)65-57(59-49)41-20-8-3-9-21-41/h1-36,48,53H/t48?,53-/m1/s1. The molecule has 0 saturated heterocycles. The molecule has 0 N–H and O–H groups in total. The van der Waals surface area contributed by atoms with Crippen LogP contribution in [-0.2, 0) is 0 Å². The van der Waals surface area contributed by atoms with Crippen molar-refractivity contribution in [3.8, 4) is 61.3 Å². The predicted molar refractivity (Wildman–Crippen MR) is 267 cm³/mol. The van der Waals surface area contributed by atoms with Crippen LogP contribution in [0.2, 0.25) is 0 Å². The van der Waals surface area contributed by atoms with Crippen molar-refractivity contribution in [2.45, 2.75) is 12.0 Å². The number of aromatic nitrogens is 5. The van der Waals surface area contributed by atoms with Crippen molar-refractivity contribution in [3.63, 3.8) is 0 Å². The van der Waals surface area contributed by atoms with Crippen LogP contribution in [0, 0.1) is 0 Å². The van der Waals surface area contributed by atoms with Gasteiger partial charge in [0.05, 0.1) is 27.5 Å². The zero-order valence-corrected chi connectivity index (χ0v) is 35.8. The van der Waals surface area contributed by atoms with Crippen LogP contribution in [0.1, 0.15) is 28.8 Å². The van der Waals surface area contributed by atoms with E-state index in [0.29, 0.717) is 17.6 Å². The fraction of sp³-hybridized carbons (Fsp3) is 0.0345.